The fraction of sp³-hybridized carbons (Fsp3) is 0.333. The molecule has 2 rings (SSSR count). The molecular weight excluding hydrogens is 270 g/mol. The molecule has 1 aromatic heterocycles. The third kappa shape index (κ3) is 4.51. The number of nitrogens with zero attached hydrogens (tertiary/aromatic N) is 2. The minimum Gasteiger partial charge on any atom is -0.414 e. The number of benzene rings is 1. The fourth-order valence-corrected chi connectivity index (χ4v) is 2.47. The lowest BCUT2D eigenvalue weighted by Crippen LogP contribution is -2.13. The summed E-state index contributed by atoms with van der Waals surface area (Å²) in [4.78, 5) is 0. The summed E-state index contributed by atoms with van der Waals surface area (Å²) in [5, 5.41) is 8.61. The van der Waals surface area contributed by atoms with Gasteiger partial charge in [0.2, 0.25) is 5.89 Å². The Morgan fingerprint density at radius 2 is 2.05 bits per heavy atom. The van der Waals surface area contributed by atoms with Crippen LogP contribution in [0.5, 0.6) is 0 Å². The predicted octanol–water partition coefficient (Wildman–Crippen LogP) is 3.37. The van der Waals surface area contributed by atoms with Crippen molar-refractivity contribution < 1.29 is 4.42 Å². The smallest absolute Gasteiger partial charge is 0.276 e. The first-order valence-electron chi connectivity index (χ1n) is 6.54. The van der Waals surface area contributed by atoms with E-state index < -0.39 is 0 Å². The van der Waals surface area contributed by atoms with E-state index in [0.717, 1.165) is 11.3 Å². The molecule has 2 aromatic rings. The van der Waals surface area contributed by atoms with E-state index in [1.54, 1.807) is 0 Å². The maximum absolute atomic E-state index is 6.10. The van der Waals surface area contributed by atoms with Crippen LogP contribution in [-0.4, -0.2) is 16.0 Å². The molecule has 0 spiro atoms. The summed E-state index contributed by atoms with van der Waals surface area (Å²) in [6.07, 6.45) is 2.82. The van der Waals surface area contributed by atoms with Gasteiger partial charge in [-0.05, 0) is 25.8 Å². The molecule has 0 amide bonds. The highest BCUT2D eigenvalue weighted by molar-refractivity contribution is 7.99. The number of hydrogen-bond donors (Lipinski definition) is 1. The monoisotopic (exact) mass is 289 g/mol. The fourth-order valence-electron chi connectivity index (χ4n) is 1.66. The minimum absolute atomic E-state index is 0.261. The molecule has 0 fully saturated rings. The molecule has 1 heterocycles. The van der Waals surface area contributed by atoms with Gasteiger partial charge in [0.05, 0.1) is 6.04 Å². The molecule has 0 unspecified atom stereocenters. The third-order valence-corrected chi connectivity index (χ3v) is 3.48. The summed E-state index contributed by atoms with van der Waals surface area (Å²) < 4.78 is 5.59. The third-order valence-electron chi connectivity index (χ3n) is 2.74. The maximum atomic E-state index is 6.10. The highest BCUT2D eigenvalue weighted by Crippen LogP contribution is 2.21. The molecule has 20 heavy (non-hydrogen) atoms. The van der Waals surface area contributed by atoms with Crippen molar-refractivity contribution in [1.29, 1.82) is 0 Å². The van der Waals surface area contributed by atoms with E-state index in [-0.39, 0.29) is 6.04 Å². The molecule has 0 aliphatic carbocycles. The second kappa shape index (κ2) is 7.26. The predicted molar refractivity (Wildman–Crippen MR) is 81.5 cm³/mol. The standard InChI is InChI=1S/C15H19N3OS/c1-11(2)8-9-20-15-18-17-14(19-15)13(16)10-12-6-4-3-5-7-12/h3-8,13H,9-10,16H2,1-2H3/t13-/m0/s1. The lowest BCUT2D eigenvalue weighted by atomic mass is 10.1. The van der Waals surface area contributed by atoms with Crippen LogP contribution in [0.3, 0.4) is 0 Å². The van der Waals surface area contributed by atoms with Crippen LogP contribution in [0.1, 0.15) is 31.3 Å². The molecule has 0 aliphatic rings. The lowest BCUT2D eigenvalue weighted by Gasteiger charge is -2.06. The Labute approximate surface area is 123 Å². The quantitative estimate of drug-likeness (QED) is 0.652. The van der Waals surface area contributed by atoms with Gasteiger partial charge in [-0.3, -0.25) is 0 Å². The van der Waals surface area contributed by atoms with Crippen LogP contribution in [0.15, 0.2) is 51.6 Å². The van der Waals surface area contributed by atoms with E-state index in [2.05, 4.69) is 30.1 Å². The molecule has 2 N–H and O–H groups in total. The van der Waals surface area contributed by atoms with E-state index in [4.69, 9.17) is 10.2 Å². The minimum atomic E-state index is -0.261. The zero-order valence-corrected chi connectivity index (χ0v) is 12.6. The largest absolute Gasteiger partial charge is 0.414 e. The van der Waals surface area contributed by atoms with Crippen LogP contribution in [0, 0.1) is 0 Å². The average Bonchev–Trinajstić information content (AvgIpc) is 2.88. The zero-order valence-electron chi connectivity index (χ0n) is 11.7. The number of thioether (sulfide) groups is 1. The van der Waals surface area contributed by atoms with Crippen molar-refractivity contribution in [1.82, 2.24) is 10.2 Å². The van der Waals surface area contributed by atoms with Crippen LogP contribution in [0.4, 0.5) is 0 Å². The Hall–Kier alpha value is -1.59. The van der Waals surface area contributed by atoms with Crippen molar-refractivity contribution >= 4 is 11.8 Å². The first kappa shape index (κ1) is 14.8. The summed E-state index contributed by atoms with van der Waals surface area (Å²) in [7, 11) is 0. The van der Waals surface area contributed by atoms with Crippen LogP contribution in [0.25, 0.3) is 0 Å². The number of rotatable bonds is 6. The Bertz CT molecular complexity index is 562. The van der Waals surface area contributed by atoms with Crippen LogP contribution >= 0.6 is 11.8 Å². The Kier molecular flexibility index (Phi) is 5.38. The number of allylic oxidation sites excluding steroid dienone is 1. The highest BCUT2D eigenvalue weighted by atomic mass is 32.2. The van der Waals surface area contributed by atoms with E-state index in [1.807, 2.05) is 30.3 Å². The maximum Gasteiger partial charge on any atom is 0.276 e. The van der Waals surface area contributed by atoms with Gasteiger partial charge in [0, 0.05) is 5.75 Å². The van der Waals surface area contributed by atoms with E-state index in [0.29, 0.717) is 17.5 Å². The molecule has 4 nitrogen and oxygen atoms in total. The summed E-state index contributed by atoms with van der Waals surface area (Å²) in [6, 6.07) is 9.80. The molecule has 0 aliphatic heterocycles. The van der Waals surface area contributed by atoms with Gasteiger partial charge in [0.25, 0.3) is 5.22 Å². The van der Waals surface area contributed by atoms with Gasteiger partial charge in [0.1, 0.15) is 0 Å². The highest BCUT2D eigenvalue weighted by Gasteiger charge is 2.15. The van der Waals surface area contributed by atoms with Crippen molar-refractivity contribution in [2.24, 2.45) is 5.73 Å². The molecule has 1 atom stereocenters. The first-order valence-corrected chi connectivity index (χ1v) is 7.53. The molecule has 0 radical (unpaired) electrons. The second-order valence-electron chi connectivity index (χ2n) is 4.79. The van der Waals surface area contributed by atoms with Gasteiger partial charge < -0.3 is 10.2 Å². The van der Waals surface area contributed by atoms with Crippen molar-refractivity contribution in [3.05, 3.63) is 53.4 Å². The lowest BCUT2D eigenvalue weighted by molar-refractivity contribution is 0.385. The van der Waals surface area contributed by atoms with E-state index in [1.165, 1.54) is 17.3 Å². The second-order valence-corrected chi connectivity index (χ2v) is 5.77. The van der Waals surface area contributed by atoms with E-state index >= 15 is 0 Å². The number of nitrogens with two attached hydrogens (primary N) is 1. The summed E-state index contributed by atoms with van der Waals surface area (Å²) in [5.74, 6) is 1.33. The molecule has 0 saturated heterocycles. The van der Waals surface area contributed by atoms with Gasteiger partial charge in [-0.25, -0.2) is 0 Å². The summed E-state index contributed by atoms with van der Waals surface area (Å²) in [6.45, 7) is 4.13. The van der Waals surface area contributed by atoms with Crippen molar-refractivity contribution in [2.45, 2.75) is 31.5 Å². The summed E-state index contributed by atoms with van der Waals surface area (Å²) >= 11 is 1.52. The van der Waals surface area contributed by atoms with Crippen LogP contribution in [0.2, 0.25) is 0 Å². The Morgan fingerprint density at radius 3 is 2.75 bits per heavy atom. The zero-order chi connectivity index (χ0) is 14.4. The molecule has 5 heteroatoms. The van der Waals surface area contributed by atoms with Gasteiger partial charge >= 0.3 is 0 Å². The molecule has 1 aromatic carbocycles. The topological polar surface area (TPSA) is 64.9 Å². The normalized spacial score (nSPS) is 12.2. The van der Waals surface area contributed by atoms with Gasteiger partial charge in [-0.1, -0.05) is 53.7 Å². The van der Waals surface area contributed by atoms with Crippen molar-refractivity contribution in [3.63, 3.8) is 0 Å². The molecule has 0 bridgehead atoms. The number of hydrogen-bond acceptors (Lipinski definition) is 5. The van der Waals surface area contributed by atoms with E-state index in [9.17, 15) is 0 Å². The average molecular weight is 289 g/mol. The Balaban J connectivity index is 1.92. The van der Waals surface area contributed by atoms with Gasteiger partial charge in [0.15, 0.2) is 0 Å². The number of aromatic nitrogens is 2. The molecule has 106 valence electrons. The van der Waals surface area contributed by atoms with Crippen molar-refractivity contribution in [3.8, 4) is 0 Å². The first-order chi connectivity index (χ1) is 9.65. The molecular formula is C15H19N3OS. The Morgan fingerprint density at radius 1 is 1.30 bits per heavy atom. The van der Waals surface area contributed by atoms with Gasteiger partial charge in [-0.2, -0.15) is 0 Å². The SMILES string of the molecule is CC(C)=CCSc1nnc([C@@H](N)Cc2ccccc2)o1. The van der Waals surface area contributed by atoms with Gasteiger partial charge in [-0.15, -0.1) is 10.2 Å². The summed E-state index contributed by atoms with van der Waals surface area (Å²) in [5.41, 5.74) is 8.54. The van der Waals surface area contributed by atoms with Crippen LogP contribution in [-0.2, 0) is 6.42 Å². The van der Waals surface area contributed by atoms with Crippen molar-refractivity contribution in [2.75, 3.05) is 5.75 Å². The van der Waals surface area contributed by atoms with Crippen LogP contribution < -0.4 is 5.73 Å². The molecule has 0 saturated carbocycles.